The molecular formula is C21H16N2O5. The molecule has 3 aromatic carbocycles. The zero-order valence-electron chi connectivity index (χ0n) is 14.9. The predicted octanol–water partition coefficient (Wildman–Crippen LogP) is 4.84. The van der Waals surface area contributed by atoms with Crippen molar-refractivity contribution in [2.45, 2.75) is 6.92 Å². The summed E-state index contributed by atoms with van der Waals surface area (Å²) in [5.74, 6) is -0.134. The number of hydrogen-bond donors (Lipinski definition) is 1. The van der Waals surface area contributed by atoms with Gasteiger partial charge in [-0.3, -0.25) is 19.7 Å². The molecule has 0 aliphatic heterocycles. The van der Waals surface area contributed by atoms with E-state index in [2.05, 4.69) is 5.32 Å². The maximum Gasteiger partial charge on any atom is 0.312 e. The number of benzene rings is 3. The Bertz CT molecular complexity index is 1030. The van der Waals surface area contributed by atoms with E-state index in [1.54, 1.807) is 48.5 Å². The molecule has 28 heavy (non-hydrogen) atoms. The highest BCUT2D eigenvalue weighted by Gasteiger charge is 2.18. The molecule has 0 aromatic heterocycles. The van der Waals surface area contributed by atoms with Gasteiger partial charge in [0.15, 0.2) is 5.78 Å². The summed E-state index contributed by atoms with van der Waals surface area (Å²) >= 11 is 0. The average Bonchev–Trinajstić information content (AvgIpc) is 2.70. The van der Waals surface area contributed by atoms with Gasteiger partial charge in [-0.05, 0) is 55.5 Å². The maximum atomic E-state index is 12.2. The number of nitrogens with one attached hydrogen (secondary N) is 1. The molecule has 0 radical (unpaired) electrons. The van der Waals surface area contributed by atoms with E-state index in [-0.39, 0.29) is 28.7 Å². The van der Waals surface area contributed by atoms with Crippen molar-refractivity contribution >= 4 is 23.1 Å². The Morgan fingerprint density at radius 2 is 1.61 bits per heavy atom. The second kappa shape index (κ2) is 8.13. The molecule has 0 aliphatic rings. The lowest BCUT2D eigenvalue weighted by atomic mass is 10.1. The molecule has 0 saturated heterocycles. The molecule has 0 unspecified atom stereocenters. The minimum Gasteiger partial charge on any atom is -0.450 e. The molecule has 0 heterocycles. The third-order valence-corrected chi connectivity index (χ3v) is 3.94. The van der Waals surface area contributed by atoms with Crippen molar-refractivity contribution in [3.05, 3.63) is 94.0 Å². The van der Waals surface area contributed by atoms with Gasteiger partial charge in [-0.1, -0.05) is 18.2 Å². The van der Waals surface area contributed by atoms with Crippen LogP contribution in [-0.4, -0.2) is 16.6 Å². The fourth-order valence-corrected chi connectivity index (χ4v) is 2.49. The van der Waals surface area contributed by atoms with Crippen molar-refractivity contribution < 1.29 is 19.2 Å². The Morgan fingerprint density at radius 1 is 0.929 bits per heavy atom. The van der Waals surface area contributed by atoms with Crippen LogP contribution in [0.3, 0.4) is 0 Å². The van der Waals surface area contributed by atoms with E-state index >= 15 is 0 Å². The number of amides is 1. The zero-order chi connectivity index (χ0) is 20.1. The molecular weight excluding hydrogens is 360 g/mol. The Hall–Kier alpha value is -4.00. The van der Waals surface area contributed by atoms with Crippen molar-refractivity contribution in [2.24, 2.45) is 0 Å². The average molecular weight is 376 g/mol. The fraction of sp³-hybridized carbons (Fsp3) is 0.0476. The van der Waals surface area contributed by atoms with E-state index in [1.165, 1.54) is 25.1 Å². The SMILES string of the molecule is CC(=O)c1ccc(Oc2ccc(NC(=O)c3ccccc3)cc2)c([N+](=O)[O-])c1. The van der Waals surface area contributed by atoms with Crippen LogP contribution in [0, 0.1) is 10.1 Å². The topological polar surface area (TPSA) is 98.5 Å². The molecule has 0 fully saturated rings. The maximum absolute atomic E-state index is 12.2. The first-order valence-corrected chi connectivity index (χ1v) is 8.38. The molecule has 3 aromatic rings. The fourth-order valence-electron chi connectivity index (χ4n) is 2.49. The molecule has 0 aliphatic carbocycles. The van der Waals surface area contributed by atoms with Crippen LogP contribution in [0.5, 0.6) is 11.5 Å². The quantitative estimate of drug-likeness (QED) is 0.377. The highest BCUT2D eigenvalue weighted by atomic mass is 16.6. The van der Waals surface area contributed by atoms with Crippen LogP contribution in [0.15, 0.2) is 72.8 Å². The number of carbonyl (C=O) groups is 2. The van der Waals surface area contributed by atoms with Crippen molar-refractivity contribution in [3.8, 4) is 11.5 Å². The van der Waals surface area contributed by atoms with E-state index in [0.29, 0.717) is 17.0 Å². The van der Waals surface area contributed by atoms with Gasteiger partial charge in [-0.2, -0.15) is 0 Å². The third-order valence-electron chi connectivity index (χ3n) is 3.94. The van der Waals surface area contributed by atoms with Gasteiger partial charge in [0.05, 0.1) is 4.92 Å². The van der Waals surface area contributed by atoms with Crippen LogP contribution in [0.25, 0.3) is 0 Å². The summed E-state index contributed by atoms with van der Waals surface area (Å²) in [4.78, 5) is 34.2. The monoisotopic (exact) mass is 376 g/mol. The number of ether oxygens (including phenoxy) is 1. The number of nitrogens with zero attached hydrogens (tertiary/aromatic N) is 1. The van der Waals surface area contributed by atoms with Gasteiger partial charge >= 0.3 is 5.69 Å². The summed E-state index contributed by atoms with van der Waals surface area (Å²) in [5.41, 5.74) is 1.03. The summed E-state index contributed by atoms with van der Waals surface area (Å²) in [6.45, 7) is 1.34. The highest BCUT2D eigenvalue weighted by molar-refractivity contribution is 6.04. The Morgan fingerprint density at radius 3 is 2.21 bits per heavy atom. The summed E-state index contributed by atoms with van der Waals surface area (Å²) in [6, 6.07) is 19.3. The minimum atomic E-state index is -0.601. The molecule has 7 heteroatoms. The summed E-state index contributed by atoms with van der Waals surface area (Å²) in [7, 11) is 0. The zero-order valence-corrected chi connectivity index (χ0v) is 14.9. The number of rotatable bonds is 6. The largest absolute Gasteiger partial charge is 0.450 e. The van der Waals surface area contributed by atoms with E-state index < -0.39 is 4.92 Å². The summed E-state index contributed by atoms with van der Waals surface area (Å²) in [5, 5.41) is 14.0. The summed E-state index contributed by atoms with van der Waals surface area (Å²) < 4.78 is 5.58. The Kier molecular flexibility index (Phi) is 5.45. The summed E-state index contributed by atoms with van der Waals surface area (Å²) in [6.07, 6.45) is 0. The van der Waals surface area contributed by atoms with Crippen molar-refractivity contribution in [1.29, 1.82) is 0 Å². The molecule has 1 amide bonds. The second-order valence-electron chi connectivity index (χ2n) is 5.94. The van der Waals surface area contributed by atoms with Crippen molar-refractivity contribution in [2.75, 3.05) is 5.32 Å². The van der Waals surface area contributed by atoms with Gasteiger partial charge < -0.3 is 10.1 Å². The van der Waals surface area contributed by atoms with E-state index in [0.717, 1.165) is 0 Å². The van der Waals surface area contributed by atoms with Gasteiger partial charge in [0.1, 0.15) is 5.75 Å². The number of nitro benzene ring substituents is 1. The molecule has 0 spiro atoms. The Balaban J connectivity index is 1.75. The van der Waals surface area contributed by atoms with Crippen LogP contribution in [0.4, 0.5) is 11.4 Å². The van der Waals surface area contributed by atoms with E-state index in [4.69, 9.17) is 4.74 Å². The van der Waals surface area contributed by atoms with Crippen LogP contribution in [0.2, 0.25) is 0 Å². The lowest BCUT2D eigenvalue weighted by Crippen LogP contribution is -2.11. The van der Waals surface area contributed by atoms with E-state index in [1.807, 2.05) is 6.07 Å². The lowest BCUT2D eigenvalue weighted by Gasteiger charge is -2.09. The normalized spacial score (nSPS) is 10.2. The standard InChI is InChI=1S/C21H16N2O5/c1-14(24)16-7-12-20(19(13-16)23(26)27)28-18-10-8-17(9-11-18)22-21(25)15-5-3-2-4-6-15/h2-13H,1H3,(H,22,25). The van der Waals surface area contributed by atoms with Gasteiger partial charge in [0.25, 0.3) is 5.91 Å². The molecule has 1 N–H and O–H groups in total. The van der Waals surface area contributed by atoms with Crippen molar-refractivity contribution in [3.63, 3.8) is 0 Å². The number of nitro groups is 1. The molecule has 0 saturated carbocycles. The first kappa shape index (κ1) is 18.8. The molecule has 0 atom stereocenters. The van der Waals surface area contributed by atoms with Crippen LogP contribution in [0.1, 0.15) is 27.6 Å². The van der Waals surface area contributed by atoms with Gasteiger partial charge in [-0.15, -0.1) is 0 Å². The first-order chi connectivity index (χ1) is 13.4. The number of Topliss-reactive ketones (excluding diaryl/α,β-unsaturated/α-hetero) is 1. The first-order valence-electron chi connectivity index (χ1n) is 8.38. The third kappa shape index (κ3) is 4.39. The van der Waals surface area contributed by atoms with Gasteiger partial charge in [-0.25, -0.2) is 0 Å². The number of ketones is 1. The van der Waals surface area contributed by atoms with Gasteiger partial charge in [0, 0.05) is 22.9 Å². The van der Waals surface area contributed by atoms with E-state index in [9.17, 15) is 19.7 Å². The molecule has 7 nitrogen and oxygen atoms in total. The molecule has 3 rings (SSSR count). The van der Waals surface area contributed by atoms with Crippen LogP contribution in [-0.2, 0) is 0 Å². The number of anilines is 1. The lowest BCUT2D eigenvalue weighted by molar-refractivity contribution is -0.385. The van der Waals surface area contributed by atoms with Crippen LogP contribution < -0.4 is 10.1 Å². The minimum absolute atomic E-state index is 0.0241. The number of hydrogen-bond acceptors (Lipinski definition) is 5. The van der Waals surface area contributed by atoms with Gasteiger partial charge in [0.2, 0.25) is 5.75 Å². The predicted molar refractivity (Wildman–Crippen MR) is 104 cm³/mol. The second-order valence-corrected chi connectivity index (χ2v) is 5.94. The molecule has 0 bridgehead atoms. The number of carbonyl (C=O) groups excluding carboxylic acids is 2. The van der Waals surface area contributed by atoms with Crippen molar-refractivity contribution in [1.82, 2.24) is 0 Å². The van der Waals surface area contributed by atoms with Crippen LogP contribution >= 0.6 is 0 Å². The molecule has 140 valence electrons. The smallest absolute Gasteiger partial charge is 0.312 e. The Labute approximate surface area is 160 Å². The highest BCUT2D eigenvalue weighted by Crippen LogP contribution is 2.32.